The van der Waals surface area contributed by atoms with E-state index in [1.165, 1.54) is 57.8 Å². The van der Waals surface area contributed by atoms with E-state index in [4.69, 9.17) is 0 Å². The Morgan fingerprint density at radius 3 is 2.22 bits per heavy atom. The Balaban J connectivity index is 1.58. The molecule has 0 heterocycles. The van der Waals surface area contributed by atoms with Crippen molar-refractivity contribution in [2.24, 2.45) is 50.2 Å². The van der Waals surface area contributed by atoms with Crippen molar-refractivity contribution in [3.05, 3.63) is 11.6 Å². The monoisotopic (exact) mass is 442 g/mol. The Bertz CT molecular complexity index is 810. The molecule has 0 unspecified atom stereocenters. The second kappa shape index (κ2) is 6.87. The summed E-state index contributed by atoms with van der Waals surface area (Å²) in [7, 11) is 0. The molecule has 2 N–H and O–H groups in total. The van der Waals surface area contributed by atoms with Gasteiger partial charge in [-0.1, -0.05) is 60.1 Å². The minimum Gasteiger partial charge on any atom is -0.396 e. The highest BCUT2D eigenvalue weighted by Gasteiger charge is 2.68. The molecule has 0 aromatic rings. The van der Waals surface area contributed by atoms with E-state index in [-0.39, 0.29) is 22.3 Å². The lowest BCUT2D eigenvalue weighted by atomic mass is 9.33. The van der Waals surface area contributed by atoms with Crippen LogP contribution in [0.4, 0.5) is 0 Å². The maximum absolute atomic E-state index is 10.9. The van der Waals surface area contributed by atoms with Crippen LogP contribution in [0.5, 0.6) is 0 Å². The van der Waals surface area contributed by atoms with E-state index >= 15 is 0 Å². The number of aliphatic hydroxyl groups excluding tert-OH is 2. The van der Waals surface area contributed by atoms with Gasteiger partial charge < -0.3 is 10.2 Å². The average Bonchev–Trinajstić information content (AvgIpc) is 2.71. The van der Waals surface area contributed by atoms with Gasteiger partial charge in [0.1, 0.15) is 0 Å². The molecule has 0 radical (unpaired) electrons. The van der Waals surface area contributed by atoms with Crippen LogP contribution in [0.3, 0.4) is 0 Å². The molecule has 4 fully saturated rings. The number of hydrogen-bond acceptors (Lipinski definition) is 2. The summed E-state index contributed by atoms with van der Waals surface area (Å²) in [5.41, 5.74) is 3.16. The van der Waals surface area contributed by atoms with E-state index in [1.54, 1.807) is 5.57 Å². The van der Waals surface area contributed by atoms with Gasteiger partial charge in [-0.25, -0.2) is 0 Å². The molecule has 182 valence electrons. The highest BCUT2D eigenvalue weighted by atomic mass is 16.3. The second-order valence-corrected chi connectivity index (χ2v) is 15.1. The molecule has 2 nitrogen and oxygen atoms in total. The summed E-state index contributed by atoms with van der Waals surface area (Å²) in [6.07, 6.45) is 14.6. The summed E-state index contributed by atoms with van der Waals surface area (Å²) in [5.74, 6) is 1.87. The molecule has 0 aliphatic heterocycles. The average molecular weight is 443 g/mol. The topological polar surface area (TPSA) is 40.5 Å². The predicted molar refractivity (Wildman–Crippen MR) is 132 cm³/mol. The van der Waals surface area contributed by atoms with Crippen molar-refractivity contribution < 1.29 is 10.2 Å². The van der Waals surface area contributed by atoms with Crippen molar-refractivity contribution in [3.8, 4) is 0 Å². The van der Waals surface area contributed by atoms with Crippen molar-refractivity contribution in [3.63, 3.8) is 0 Å². The van der Waals surface area contributed by atoms with Gasteiger partial charge in [-0.05, 0) is 109 Å². The maximum atomic E-state index is 10.9. The summed E-state index contributed by atoms with van der Waals surface area (Å²) in [6.45, 7) is 17.8. The summed E-state index contributed by atoms with van der Waals surface area (Å²) in [5, 5.41) is 21.5. The van der Waals surface area contributed by atoms with Gasteiger partial charge in [-0.15, -0.1) is 0 Å². The fraction of sp³-hybridized carbons (Fsp3) is 0.933. The molecular weight excluding hydrogens is 392 g/mol. The minimum atomic E-state index is -0.153. The van der Waals surface area contributed by atoms with E-state index in [1.807, 2.05) is 0 Å². The summed E-state index contributed by atoms with van der Waals surface area (Å²) >= 11 is 0. The molecule has 5 aliphatic rings. The molecule has 0 aromatic carbocycles. The van der Waals surface area contributed by atoms with Crippen molar-refractivity contribution in [2.75, 3.05) is 6.61 Å². The first kappa shape index (κ1) is 23.4. The molecule has 4 saturated carbocycles. The van der Waals surface area contributed by atoms with Crippen molar-refractivity contribution in [1.82, 2.24) is 0 Å². The fourth-order valence-corrected chi connectivity index (χ4v) is 10.6. The van der Waals surface area contributed by atoms with Crippen LogP contribution >= 0.6 is 0 Å². The van der Waals surface area contributed by atoms with Gasteiger partial charge in [-0.2, -0.15) is 0 Å². The maximum Gasteiger partial charge on any atom is 0.0594 e. The van der Waals surface area contributed by atoms with Gasteiger partial charge in [0.25, 0.3) is 0 Å². The normalized spacial score (nSPS) is 53.8. The molecule has 0 aromatic heterocycles. The predicted octanol–water partition coefficient (Wildman–Crippen LogP) is 7.14. The summed E-state index contributed by atoms with van der Waals surface area (Å²) in [4.78, 5) is 0. The van der Waals surface area contributed by atoms with Crippen LogP contribution in [-0.2, 0) is 0 Å². The minimum absolute atomic E-state index is 0.0191. The number of hydrogen-bond donors (Lipinski definition) is 2. The molecular formula is C30H50O2. The van der Waals surface area contributed by atoms with Gasteiger partial charge >= 0.3 is 0 Å². The first-order valence-electron chi connectivity index (χ1n) is 13.8. The molecule has 2 heteroatoms. The fourth-order valence-electron chi connectivity index (χ4n) is 10.6. The molecule has 32 heavy (non-hydrogen) atoms. The lowest BCUT2D eigenvalue weighted by molar-refractivity contribution is -0.204. The Labute approximate surface area is 197 Å². The lowest BCUT2D eigenvalue weighted by Crippen LogP contribution is -2.64. The van der Waals surface area contributed by atoms with Crippen LogP contribution < -0.4 is 0 Å². The molecule has 5 aliphatic carbocycles. The molecule has 8 atom stereocenters. The van der Waals surface area contributed by atoms with E-state index in [2.05, 4.69) is 54.5 Å². The van der Waals surface area contributed by atoms with Crippen molar-refractivity contribution in [1.29, 1.82) is 0 Å². The Hall–Kier alpha value is -0.340. The van der Waals surface area contributed by atoms with E-state index in [9.17, 15) is 10.2 Å². The van der Waals surface area contributed by atoms with E-state index in [0.29, 0.717) is 40.6 Å². The van der Waals surface area contributed by atoms with Gasteiger partial charge in [0.15, 0.2) is 0 Å². The van der Waals surface area contributed by atoms with Gasteiger partial charge in [0, 0.05) is 12.0 Å². The van der Waals surface area contributed by atoms with Crippen molar-refractivity contribution in [2.45, 2.75) is 119 Å². The zero-order valence-corrected chi connectivity index (χ0v) is 22.1. The molecule has 0 amide bonds. The zero-order chi connectivity index (χ0) is 23.4. The SMILES string of the molecule is CC1(C)CC[C@]2(CO)CC[C@]3(C)C(=CC[C@H]4[C@@]5(C)CC[C@H](O)C(C)(C)[C@H]5CC[C@@]43C)[C@@H]2C1. The quantitative estimate of drug-likeness (QED) is 0.424. The third-order valence-electron chi connectivity index (χ3n) is 13.1. The summed E-state index contributed by atoms with van der Waals surface area (Å²) < 4.78 is 0. The summed E-state index contributed by atoms with van der Waals surface area (Å²) in [6, 6.07) is 0. The molecule has 5 rings (SSSR count). The zero-order valence-electron chi connectivity index (χ0n) is 22.1. The molecule has 0 spiro atoms. The Morgan fingerprint density at radius 2 is 1.53 bits per heavy atom. The van der Waals surface area contributed by atoms with Crippen LogP contribution in [0.1, 0.15) is 113 Å². The van der Waals surface area contributed by atoms with Gasteiger partial charge in [0.05, 0.1) is 6.10 Å². The molecule has 0 saturated heterocycles. The molecule has 0 bridgehead atoms. The lowest BCUT2D eigenvalue weighted by Gasteiger charge is -2.71. The Morgan fingerprint density at radius 1 is 0.844 bits per heavy atom. The second-order valence-electron chi connectivity index (χ2n) is 15.1. The third-order valence-corrected chi connectivity index (χ3v) is 13.1. The smallest absolute Gasteiger partial charge is 0.0594 e. The van der Waals surface area contributed by atoms with Crippen LogP contribution in [0.2, 0.25) is 0 Å². The number of rotatable bonds is 1. The van der Waals surface area contributed by atoms with Crippen LogP contribution in [0.15, 0.2) is 11.6 Å². The van der Waals surface area contributed by atoms with E-state index < -0.39 is 0 Å². The number of fused-ring (bicyclic) bond motifs is 7. The van der Waals surface area contributed by atoms with E-state index in [0.717, 1.165) is 6.42 Å². The van der Waals surface area contributed by atoms with Gasteiger partial charge in [0.2, 0.25) is 0 Å². The highest BCUT2D eigenvalue weighted by molar-refractivity contribution is 5.33. The highest BCUT2D eigenvalue weighted by Crippen LogP contribution is 2.75. The van der Waals surface area contributed by atoms with Crippen molar-refractivity contribution >= 4 is 0 Å². The van der Waals surface area contributed by atoms with Crippen LogP contribution in [0.25, 0.3) is 0 Å². The van der Waals surface area contributed by atoms with Gasteiger partial charge in [-0.3, -0.25) is 0 Å². The Kier molecular flexibility index (Phi) is 5.02. The number of aliphatic hydroxyl groups is 2. The first-order chi connectivity index (χ1) is 14.8. The largest absolute Gasteiger partial charge is 0.396 e. The standard InChI is InChI=1S/C30H50O2/c1-25(2)14-16-30(19-31)17-15-28(6)20(21(30)18-25)8-9-23-27(5)12-11-24(32)26(3,4)22(27)10-13-29(23,28)7/h8,21-24,31-32H,9-19H2,1-7H3/t21-,22+,23-,24-,27-,28+,29-,30+/m0/s1. The van der Waals surface area contributed by atoms with Crippen LogP contribution in [-0.4, -0.2) is 22.9 Å². The van der Waals surface area contributed by atoms with Crippen LogP contribution in [0, 0.1) is 50.2 Å². The first-order valence-corrected chi connectivity index (χ1v) is 13.8. The number of allylic oxidation sites excluding steroid dienone is 2. The third kappa shape index (κ3) is 2.78.